The van der Waals surface area contributed by atoms with Gasteiger partial charge in [0.05, 0.1) is 23.6 Å². The molecule has 0 atom stereocenters. The molecule has 8 nitrogen and oxygen atoms in total. The van der Waals surface area contributed by atoms with Gasteiger partial charge in [0.15, 0.2) is 0 Å². The van der Waals surface area contributed by atoms with E-state index in [0.717, 1.165) is 22.2 Å². The van der Waals surface area contributed by atoms with Crippen LogP contribution in [0.1, 0.15) is 12.0 Å². The predicted molar refractivity (Wildman–Crippen MR) is 118 cm³/mol. The summed E-state index contributed by atoms with van der Waals surface area (Å²) >= 11 is 0. The van der Waals surface area contributed by atoms with E-state index < -0.39 is 5.82 Å². The smallest absolute Gasteiger partial charge is 0.225 e. The normalized spacial score (nSPS) is 11.4. The molecule has 1 amide bonds. The number of benzene rings is 1. The number of aromatic nitrogens is 5. The Morgan fingerprint density at radius 1 is 1.26 bits per heavy atom. The molecule has 0 bridgehead atoms. The Balaban J connectivity index is 1.67. The number of H-pyrrole nitrogens is 1. The van der Waals surface area contributed by atoms with Crippen molar-refractivity contribution in [1.29, 1.82) is 0 Å². The molecule has 0 aliphatic rings. The van der Waals surface area contributed by atoms with Crippen molar-refractivity contribution in [3.63, 3.8) is 0 Å². The monoisotopic (exact) mass is 421 g/mol. The third kappa shape index (κ3) is 4.31. The fourth-order valence-corrected chi connectivity index (χ4v) is 3.51. The highest BCUT2D eigenvalue weighted by Gasteiger charge is 2.16. The molecule has 0 radical (unpaired) electrons. The lowest BCUT2D eigenvalue weighted by Crippen LogP contribution is -2.20. The first kappa shape index (κ1) is 20.7. The Hall–Kier alpha value is -3.59. The van der Waals surface area contributed by atoms with Gasteiger partial charge in [-0.3, -0.25) is 19.6 Å². The van der Waals surface area contributed by atoms with Crippen LogP contribution >= 0.6 is 0 Å². The Labute approximate surface area is 179 Å². The van der Waals surface area contributed by atoms with E-state index in [0.29, 0.717) is 35.5 Å². The van der Waals surface area contributed by atoms with Crippen molar-refractivity contribution in [1.82, 2.24) is 29.9 Å². The van der Waals surface area contributed by atoms with Gasteiger partial charge < -0.3 is 10.2 Å². The molecule has 0 aliphatic carbocycles. The summed E-state index contributed by atoms with van der Waals surface area (Å²) in [4.78, 5) is 18.4. The molecule has 2 N–H and O–H groups in total. The number of hydrogen-bond acceptors (Lipinski definition) is 5. The lowest BCUT2D eigenvalue weighted by atomic mass is 10.0. The third-order valence-corrected chi connectivity index (χ3v) is 5.04. The third-order valence-electron chi connectivity index (χ3n) is 5.04. The number of carbonyl (C=O) groups is 1. The van der Waals surface area contributed by atoms with E-state index >= 15 is 4.39 Å². The van der Waals surface area contributed by atoms with Crippen LogP contribution in [0.5, 0.6) is 0 Å². The van der Waals surface area contributed by atoms with Gasteiger partial charge in [-0.2, -0.15) is 10.2 Å². The van der Waals surface area contributed by atoms with Gasteiger partial charge in [-0.05, 0) is 44.8 Å². The van der Waals surface area contributed by atoms with Gasteiger partial charge in [0.2, 0.25) is 5.91 Å². The summed E-state index contributed by atoms with van der Waals surface area (Å²) in [6.07, 6.45) is 5.59. The summed E-state index contributed by atoms with van der Waals surface area (Å²) < 4.78 is 16.8. The highest BCUT2D eigenvalue weighted by atomic mass is 19.1. The molecule has 0 saturated carbocycles. The number of aryl methyl sites for hydroxylation is 2. The zero-order chi connectivity index (χ0) is 22.1. The molecule has 4 aromatic rings. The number of rotatable bonds is 6. The minimum absolute atomic E-state index is 0.153. The van der Waals surface area contributed by atoms with Gasteiger partial charge in [-0.25, -0.2) is 4.39 Å². The highest BCUT2D eigenvalue weighted by molar-refractivity contribution is 5.95. The van der Waals surface area contributed by atoms with Crippen LogP contribution in [0, 0.1) is 12.7 Å². The number of halogens is 1. The lowest BCUT2D eigenvalue weighted by Gasteiger charge is -2.13. The van der Waals surface area contributed by atoms with Crippen LogP contribution in [0.2, 0.25) is 0 Å². The zero-order valence-electron chi connectivity index (χ0n) is 17.9. The molecule has 0 fully saturated rings. The summed E-state index contributed by atoms with van der Waals surface area (Å²) in [5, 5.41) is 15.1. The number of pyridine rings is 1. The highest BCUT2D eigenvalue weighted by Crippen LogP contribution is 2.32. The fraction of sp³-hybridized carbons (Fsp3) is 0.273. The lowest BCUT2D eigenvalue weighted by molar-refractivity contribution is -0.116. The van der Waals surface area contributed by atoms with Crippen LogP contribution < -0.4 is 5.32 Å². The fourth-order valence-electron chi connectivity index (χ4n) is 3.51. The maximum absolute atomic E-state index is 15.1. The first-order valence-electron chi connectivity index (χ1n) is 9.90. The largest absolute Gasteiger partial charge is 0.326 e. The average Bonchev–Trinajstić information content (AvgIpc) is 3.31. The summed E-state index contributed by atoms with van der Waals surface area (Å²) in [6.45, 7) is 2.43. The first-order valence-corrected chi connectivity index (χ1v) is 9.90. The SMILES string of the molecule is Cc1cc(NC(=O)CCN(C)C)cc(F)c1-c1cc2c(-c3cnn(C)c3)n[nH]c2cn1. The standard InChI is InChI=1S/C22H24FN7O/c1-13-7-15(26-20(31)5-6-29(2)3)8-17(23)21(13)18-9-16-19(11-24-18)27-28-22(16)14-10-25-30(4)12-14/h7-12H,5-6H2,1-4H3,(H,26,31)(H,27,28). The number of nitrogens with one attached hydrogen (secondary N) is 2. The second-order valence-electron chi connectivity index (χ2n) is 7.84. The summed E-state index contributed by atoms with van der Waals surface area (Å²) in [6, 6.07) is 4.91. The van der Waals surface area contributed by atoms with Crippen LogP contribution in [0.15, 0.2) is 36.8 Å². The van der Waals surface area contributed by atoms with Gasteiger partial charge in [0, 0.05) is 48.4 Å². The molecular formula is C22H24FN7O. The molecule has 0 unspecified atom stereocenters. The number of hydrogen-bond donors (Lipinski definition) is 2. The van der Waals surface area contributed by atoms with Gasteiger partial charge >= 0.3 is 0 Å². The molecule has 160 valence electrons. The summed E-state index contributed by atoms with van der Waals surface area (Å²) in [5.74, 6) is -0.597. The van der Waals surface area contributed by atoms with Crippen LogP contribution in [0.25, 0.3) is 33.4 Å². The van der Waals surface area contributed by atoms with E-state index in [2.05, 4.69) is 25.6 Å². The summed E-state index contributed by atoms with van der Waals surface area (Å²) in [7, 11) is 5.63. The topological polar surface area (TPSA) is 91.7 Å². The van der Waals surface area contributed by atoms with E-state index in [1.165, 1.54) is 6.07 Å². The van der Waals surface area contributed by atoms with E-state index in [4.69, 9.17) is 0 Å². The molecule has 1 aromatic carbocycles. The van der Waals surface area contributed by atoms with Crippen LogP contribution in [-0.4, -0.2) is 56.4 Å². The van der Waals surface area contributed by atoms with Crippen molar-refractivity contribution in [3.8, 4) is 22.5 Å². The van der Waals surface area contributed by atoms with Crippen molar-refractivity contribution >= 4 is 22.5 Å². The Morgan fingerprint density at radius 2 is 2.06 bits per heavy atom. The Bertz CT molecular complexity index is 1230. The van der Waals surface area contributed by atoms with Crippen molar-refractivity contribution in [2.75, 3.05) is 26.0 Å². The second kappa shape index (κ2) is 8.27. The van der Waals surface area contributed by atoms with Crippen LogP contribution in [0.3, 0.4) is 0 Å². The molecule has 3 heterocycles. The number of anilines is 1. The number of aromatic amines is 1. The molecule has 9 heteroatoms. The molecule has 0 aliphatic heterocycles. The molecule has 3 aromatic heterocycles. The Morgan fingerprint density at radius 3 is 2.74 bits per heavy atom. The van der Waals surface area contributed by atoms with E-state index in [-0.39, 0.29) is 5.91 Å². The number of nitrogens with zero attached hydrogens (tertiary/aromatic N) is 5. The zero-order valence-corrected chi connectivity index (χ0v) is 17.9. The van der Waals surface area contributed by atoms with Gasteiger partial charge in [0.1, 0.15) is 11.5 Å². The minimum atomic E-state index is -0.443. The molecule has 0 spiro atoms. The van der Waals surface area contributed by atoms with Gasteiger partial charge in [-0.1, -0.05) is 0 Å². The number of amides is 1. The number of fused-ring (bicyclic) bond motifs is 1. The maximum Gasteiger partial charge on any atom is 0.225 e. The molecule has 31 heavy (non-hydrogen) atoms. The van der Waals surface area contributed by atoms with Gasteiger partial charge in [-0.15, -0.1) is 0 Å². The Kier molecular flexibility index (Phi) is 5.51. The molecule has 4 rings (SSSR count). The quantitative estimate of drug-likeness (QED) is 0.498. The van der Waals surface area contributed by atoms with Crippen LogP contribution in [0.4, 0.5) is 10.1 Å². The molecular weight excluding hydrogens is 397 g/mol. The van der Waals surface area contributed by atoms with Crippen LogP contribution in [-0.2, 0) is 11.8 Å². The number of carbonyl (C=O) groups excluding carboxylic acids is 1. The van der Waals surface area contributed by atoms with Crippen molar-refractivity contribution in [2.45, 2.75) is 13.3 Å². The van der Waals surface area contributed by atoms with Crippen molar-refractivity contribution in [2.24, 2.45) is 7.05 Å². The predicted octanol–water partition coefficient (Wildman–Crippen LogP) is 3.36. The maximum atomic E-state index is 15.1. The molecule has 0 saturated heterocycles. The van der Waals surface area contributed by atoms with E-state index in [9.17, 15) is 4.79 Å². The van der Waals surface area contributed by atoms with Crippen molar-refractivity contribution in [3.05, 3.63) is 48.2 Å². The van der Waals surface area contributed by atoms with E-state index in [1.54, 1.807) is 30.1 Å². The van der Waals surface area contributed by atoms with Gasteiger partial charge in [0.25, 0.3) is 0 Å². The second-order valence-corrected chi connectivity index (χ2v) is 7.84. The first-order chi connectivity index (χ1) is 14.8. The van der Waals surface area contributed by atoms with Crippen molar-refractivity contribution < 1.29 is 9.18 Å². The average molecular weight is 421 g/mol. The minimum Gasteiger partial charge on any atom is -0.326 e. The summed E-state index contributed by atoms with van der Waals surface area (Å²) in [5.41, 5.74) is 4.36. The van der Waals surface area contributed by atoms with E-state index in [1.807, 2.05) is 38.3 Å².